The first-order valence-corrected chi connectivity index (χ1v) is 11.7. The van der Waals surface area contributed by atoms with Crippen molar-refractivity contribution in [3.05, 3.63) is 83.5 Å². The molecule has 1 unspecified atom stereocenters. The van der Waals surface area contributed by atoms with Crippen LogP contribution in [-0.2, 0) is 16.0 Å². The Bertz CT molecular complexity index is 1280. The molecule has 0 aliphatic carbocycles. The third kappa shape index (κ3) is 4.17. The molecule has 0 radical (unpaired) electrons. The van der Waals surface area contributed by atoms with Gasteiger partial charge in [-0.15, -0.1) is 16.4 Å². The summed E-state index contributed by atoms with van der Waals surface area (Å²) in [6.07, 6.45) is 0.842. The van der Waals surface area contributed by atoms with Crippen molar-refractivity contribution in [3.8, 4) is 16.4 Å². The van der Waals surface area contributed by atoms with Crippen molar-refractivity contribution in [1.29, 1.82) is 0 Å². The predicted octanol–water partition coefficient (Wildman–Crippen LogP) is 4.52. The minimum atomic E-state index is -0.961. The summed E-state index contributed by atoms with van der Waals surface area (Å²) in [5.74, 6) is -0.516. The number of nitrogens with zero attached hydrogens (tertiary/aromatic N) is 4. The Hall–Kier alpha value is -3.78. The van der Waals surface area contributed by atoms with Crippen LogP contribution in [-0.4, -0.2) is 39.3 Å². The summed E-state index contributed by atoms with van der Waals surface area (Å²) < 4.78 is 7.14. The highest BCUT2D eigenvalue weighted by molar-refractivity contribution is 7.13. The lowest BCUT2D eigenvalue weighted by Gasteiger charge is -2.31. The molecule has 2 aromatic heterocycles. The molecular weight excluding hydrogens is 436 g/mol. The fraction of sp³-hybridized carbons (Fsp3) is 0.200. The number of aryl methyl sites for hydroxylation is 1. The monoisotopic (exact) mass is 458 g/mol. The van der Waals surface area contributed by atoms with E-state index in [1.807, 2.05) is 72.1 Å². The Balaban J connectivity index is 1.39. The molecule has 2 aromatic carbocycles. The number of aromatic nitrogens is 3. The van der Waals surface area contributed by atoms with Gasteiger partial charge in [0.1, 0.15) is 0 Å². The molecular formula is C25H22N4O3S. The molecule has 8 heteroatoms. The van der Waals surface area contributed by atoms with Gasteiger partial charge in [-0.2, -0.15) is 4.98 Å². The van der Waals surface area contributed by atoms with E-state index < -0.39 is 12.1 Å². The first kappa shape index (κ1) is 21.1. The molecule has 166 valence electrons. The largest absolute Gasteiger partial charge is 0.447 e. The summed E-state index contributed by atoms with van der Waals surface area (Å²) in [6.45, 7) is 2.19. The smallest absolute Gasteiger partial charge is 0.379 e. The normalized spacial score (nSPS) is 13.9. The Kier molecular flexibility index (Phi) is 5.75. The molecule has 1 aliphatic rings. The second-order valence-corrected chi connectivity index (χ2v) is 8.70. The van der Waals surface area contributed by atoms with Gasteiger partial charge >= 0.3 is 5.97 Å². The number of carbonyl (C=O) groups is 2. The number of hydrogen-bond donors (Lipinski definition) is 0. The SMILES string of the molecule is CC(OC(=O)c1nc(-c2cccs2)n(-c2ccccc2)n1)C(=O)N1CCCc2ccccc21. The molecule has 0 saturated carbocycles. The van der Waals surface area contributed by atoms with E-state index in [2.05, 4.69) is 10.1 Å². The lowest BCUT2D eigenvalue weighted by atomic mass is 10.0. The number of anilines is 1. The summed E-state index contributed by atoms with van der Waals surface area (Å²) >= 11 is 1.50. The van der Waals surface area contributed by atoms with Gasteiger partial charge in [-0.25, -0.2) is 9.48 Å². The number of ether oxygens (including phenoxy) is 1. The lowest BCUT2D eigenvalue weighted by Crippen LogP contribution is -2.42. The summed E-state index contributed by atoms with van der Waals surface area (Å²) in [7, 11) is 0. The van der Waals surface area contributed by atoms with Gasteiger partial charge in [-0.1, -0.05) is 42.5 Å². The van der Waals surface area contributed by atoms with Crippen LogP contribution >= 0.6 is 11.3 Å². The van der Waals surface area contributed by atoms with E-state index in [9.17, 15) is 9.59 Å². The predicted molar refractivity (Wildman–Crippen MR) is 127 cm³/mol. The lowest BCUT2D eigenvalue weighted by molar-refractivity contribution is -0.126. The highest BCUT2D eigenvalue weighted by atomic mass is 32.1. The zero-order chi connectivity index (χ0) is 22.8. The third-order valence-electron chi connectivity index (χ3n) is 5.54. The average molecular weight is 459 g/mol. The van der Waals surface area contributed by atoms with Crippen LogP contribution in [0.15, 0.2) is 72.1 Å². The fourth-order valence-corrected chi connectivity index (χ4v) is 4.66. The molecule has 1 amide bonds. The van der Waals surface area contributed by atoms with Crippen LogP contribution in [0.1, 0.15) is 29.5 Å². The fourth-order valence-electron chi connectivity index (χ4n) is 3.96. The van der Waals surface area contributed by atoms with Crippen molar-refractivity contribution < 1.29 is 14.3 Å². The van der Waals surface area contributed by atoms with E-state index in [1.54, 1.807) is 16.5 Å². The molecule has 1 atom stereocenters. The number of para-hydroxylation sites is 2. The summed E-state index contributed by atoms with van der Waals surface area (Å²) in [5, 5.41) is 6.35. The van der Waals surface area contributed by atoms with Crippen molar-refractivity contribution in [2.75, 3.05) is 11.4 Å². The van der Waals surface area contributed by atoms with Crippen LogP contribution in [0.25, 0.3) is 16.4 Å². The molecule has 0 bridgehead atoms. The van der Waals surface area contributed by atoms with Crippen LogP contribution in [0.3, 0.4) is 0 Å². The zero-order valence-corrected chi connectivity index (χ0v) is 18.9. The molecule has 3 heterocycles. The Morgan fingerprint density at radius 1 is 1.03 bits per heavy atom. The highest BCUT2D eigenvalue weighted by Crippen LogP contribution is 2.28. The maximum Gasteiger partial charge on any atom is 0.379 e. The molecule has 0 saturated heterocycles. The van der Waals surface area contributed by atoms with Gasteiger partial charge in [0.05, 0.1) is 10.6 Å². The second kappa shape index (κ2) is 8.99. The van der Waals surface area contributed by atoms with Gasteiger partial charge in [0.25, 0.3) is 11.7 Å². The number of amides is 1. The second-order valence-electron chi connectivity index (χ2n) is 7.75. The van der Waals surface area contributed by atoms with Gasteiger partial charge in [-0.3, -0.25) is 4.79 Å². The van der Waals surface area contributed by atoms with Crippen molar-refractivity contribution in [1.82, 2.24) is 14.8 Å². The molecule has 1 aliphatic heterocycles. The summed E-state index contributed by atoms with van der Waals surface area (Å²) in [5.41, 5.74) is 2.78. The maximum atomic E-state index is 13.1. The zero-order valence-electron chi connectivity index (χ0n) is 18.0. The van der Waals surface area contributed by atoms with E-state index in [0.717, 1.165) is 34.7 Å². The minimum absolute atomic E-state index is 0.0825. The molecule has 0 spiro atoms. The number of fused-ring (bicyclic) bond motifs is 1. The number of hydrogen-bond acceptors (Lipinski definition) is 6. The van der Waals surface area contributed by atoms with Gasteiger partial charge in [0.15, 0.2) is 11.9 Å². The quantitative estimate of drug-likeness (QED) is 0.411. The van der Waals surface area contributed by atoms with Crippen molar-refractivity contribution >= 4 is 28.9 Å². The van der Waals surface area contributed by atoms with Crippen LogP contribution in [0.4, 0.5) is 5.69 Å². The maximum absolute atomic E-state index is 13.1. The first-order chi connectivity index (χ1) is 16.1. The topological polar surface area (TPSA) is 77.3 Å². The molecule has 33 heavy (non-hydrogen) atoms. The summed E-state index contributed by atoms with van der Waals surface area (Å²) in [6, 6.07) is 21.1. The molecule has 0 N–H and O–H groups in total. The Morgan fingerprint density at radius 2 is 1.82 bits per heavy atom. The number of rotatable bonds is 5. The highest BCUT2D eigenvalue weighted by Gasteiger charge is 2.30. The van der Waals surface area contributed by atoms with E-state index in [-0.39, 0.29) is 11.7 Å². The first-order valence-electron chi connectivity index (χ1n) is 10.8. The van der Waals surface area contributed by atoms with E-state index in [0.29, 0.717) is 12.4 Å². The minimum Gasteiger partial charge on any atom is -0.447 e. The average Bonchev–Trinajstić information content (AvgIpc) is 3.54. The van der Waals surface area contributed by atoms with Crippen LogP contribution in [0, 0.1) is 0 Å². The van der Waals surface area contributed by atoms with Gasteiger partial charge in [0, 0.05) is 12.2 Å². The van der Waals surface area contributed by atoms with Gasteiger partial charge < -0.3 is 9.64 Å². The molecule has 4 aromatic rings. The van der Waals surface area contributed by atoms with Gasteiger partial charge in [0.2, 0.25) is 0 Å². The molecule has 7 nitrogen and oxygen atoms in total. The Morgan fingerprint density at radius 3 is 2.61 bits per heavy atom. The Labute approximate surface area is 195 Å². The van der Waals surface area contributed by atoms with Crippen LogP contribution in [0.2, 0.25) is 0 Å². The number of thiophene rings is 1. The third-order valence-corrected chi connectivity index (χ3v) is 6.41. The standard InChI is InChI=1S/C25H22N4O3S/c1-17(24(30)28-15-7-10-18-9-5-6-13-20(18)28)32-25(31)22-26-23(21-14-8-16-33-21)29(27-22)19-11-3-2-4-12-19/h2-6,8-9,11-14,16-17H,7,10,15H2,1H3. The van der Waals surface area contributed by atoms with E-state index in [1.165, 1.54) is 11.3 Å². The number of carbonyl (C=O) groups excluding carboxylic acids is 2. The van der Waals surface area contributed by atoms with E-state index in [4.69, 9.17) is 4.74 Å². The van der Waals surface area contributed by atoms with Crippen LogP contribution in [0.5, 0.6) is 0 Å². The molecule has 0 fully saturated rings. The van der Waals surface area contributed by atoms with Gasteiger partial charge in [-0.05, 0) is 55.0 Å². The van der Waals surface area contributed by atoms with Crippen molar-refractivity contribution in [3.63, 3.8) is 0 Å². The summed E-state index contributed by atoms with van der Waals surface area (Å²) in [4.78, 5) is 33.1. The molecule has 5 rings (SSSR count). The van der Waals surface area contributed by atoms with Crippen molar-refractivity contribution in [2.24, 2.45) is 0 Å². The number of benzene rings is 2. The van der Waals surface area contributed by atoms with Crippen LogP contribution < -0.4 is 4.90 Å². The van der Waals surface area contributed by atoms with E-state index >= 15 is 0 Å². The van der Waals surface area contributed by atoms with Crippen molar-refractivity contribution in [2.45, 2.75) is 25.9 Å². The number of esters is 1.